The number of hydrogen-bond donors (Lipinski definition) is 2. The topological polar surface area (TPSA) is 41.1 Å². The fourth-order valence-corrected chi connectivity index (χ4v) is 2.66. The van der Waals surface area contributed by atoms with Gasteiger partial charge in [-0.25, -0.2) is 4.39 Å². The van der Waals surface area contributed by atoms with Crippen molar-refractivity contribution in [1.82, 2.24) is 10.6 Å². The van der Waals surface area contributed by atoms with E-state index in [4.69, 9.17) is 0 Å². The number of halogens is 1. The zero-order chi connectivity index (χ0) is 13.9. The summed E-state index contributed by atoms with van der Waals surface area (Å²) in [6.45, 7) is 4.78. The fourth-order valence-electron chi connectivity index (χ4n) is 2.66. The minimum Gasteiger partial charge on any atom is -0.348 e. The molecule has 0 aliphatic carbocycles. The Labute approximate surface area is 113 Å². The Balaban J connectivity index is 2.06. The number of carbonyl (C=O) groups is 1. The van der Waals surface area contributed by atoms with Gasteiger partial charge in [0.05, 0.1) is 11.6 Å². The summed E-state index contributed by atoms with van der Waals surface area (Å²) in [7, 11) is 0. The molecule has 0 bridgehead atoms. The van der Waals surface area contributed by atoms with Crippen molar-refractivity contribution in [1.29, 1.82) is 0 Å². The van der Waals surface area contributed by atoms with Crippen LogP contribution in [0, 0.1) is 5.82 Å². The molecule has 1 aromatic carbocycles. The Morgan fingerprint density at radius 3 is 2.95 bits per heavy atom. The lowest BCUT2D eigenvalue weighted by molar-refractivity contribution is -0.128. The van der Waals surface area contributed by atoms with Gasteiger partial charge in [-0.15, -0.1) is 0 Å². The zero-order valence-electron chi connectivity index (χ0n) is 11.5. The van der Waals surface area contributed by atoms with Crippen LogP contribution in [0.15, 0.2) is 24.3 Å². The lowest BCUT2D eigenvalue weighted by Crippen LogP contribution is -2.53. The average Bonchev–Trinajstić information content (AvgIpc) is 2.88. The normalized spacial score (nSPS) is 24.2. The highest BCUT2D eigenvalue weighted by molar-refractivity contribution is 5.87. The van der Waals surface area contributed by atoms with Crippen LogP contribution >= 0.6 is 0 Å². The van der Waals surface area contributed by atoms with Crippen LogP contribution in [-0.4, -0.2) is 18.0 Å². The van der Waals surface area contributed by atoms with Gasteiger partial charge in [-0.3, -0.25) is 4.79 Å². The molecule has 1 unspecified atom stereocenters. The van der Waals surface area contributed by atoms with E-state index < -0.39 is 5.54 Å². The molecule has 19 heavy (non-hydrogen) atoms. The van der Waals surface area contributed by atoms with Crippen molar-refractivity contribution in [3.63, 3.8) is 0 Å². The summed E-state index contributed by atoms with van der Waals surface area (Å²) < 4.78 is 13.2. The lowest BCUT2D eigenvalue weighted by Gasteiger charge is -2.28. The highest BCUT2D eigenvalue weighted by Gasteiger charge is 2.39. The molecular formula is C15H21FN2O. The summed E-state index contributed by atoms with van der Waals surface area (Å²) in [5, 5.41) is 6.29. The number of nitrogens with one attached hydrogen (secondary N) is 2. The predicted octanol–water partition coefficient (Wildman–Crippen LogP) is 2.54. The highest BCUT2D eigenvalue weighted by Crippen LogP contribution is 2.24. The smallest absolute Gasteiger partial charge is 0.240 e. The van der Waals surface area contributed by atoms with Gasteiger partial charge >= 0.3 is 0 Å². The van der Waals surface area contributed by atoms with E-state index in [9.17, 15) is 9.18 Å². The van der Waals surface area contributed by atoms with E-state index in [0.29, 0.717) is 0 Å². The second-order valence-electron chi connectivity index (χ2n) is 5.22. The maximum atomic E-state index is 13.2. The molecule has 1 aliphatic rings. The van der Waals surface area contributed by atoms with E-state index in [1.54, 1.807) is 6.07 Å². The minimum atomic E-state index is -0.443. The summed E-state index contributed by atoms with van der Waals surface area (Å²) in [6.07, 6.45) is 2.66. The number of amides is 1. The van der Waals surface area contributed by atoms with Gasteiger partial charge in [0.1, 0.15) is 5.82 Å². The molecule has 0 saturated carbocycles. The van der Waals surface area contributed by atoms with Crippen molar-refractivity contribution in [3.8, 4) is 0 Å². The number of hydrogen-bond acceptors (Lipinski definition) is 2. The largest absolute Gasteiger partial charge is 0.348 e. The Hall–Kier alpha value is -1.42. The molecule has 2 N–H and O–H groups in total. The van der Waals surface area contributed by atoms with E-state index in [1.807, 2.05) is 19.9 Å². The van der Waals surface area contributed by atoms with Crippen molar-refractivity contribution in [2.45, 2.75) is 44.7 Å². The molecule has 2 rings (SSSR count). The molecule has 104 valence electrons. The van der Waals surface area contributed by atoms with Gasteiger partial charge in [0.25, 0.3) is 0 Å². The molecule has 1 fully saturated rings. The minimum absolute atomic E-state index is 0.0178. The number of benzene rings is 1. The molecule has 1 aromatic rings. The van der Waals surface area contributed by atoms with E-state index in [2.05, 4.69) is 10.6 Å². The van der Waals surface area contributed by atoms with Gasteiger partial charge in [-0.2, -0.15) is 0 Å². The van der Waals surface area contributed by atoms with E-state index in [0.717, 1.165) is 31.4 Å². The highest BCUT2D eigenvalue weighted by atomic mass is 19.1. The number of rotatable bonds is 4. The maximum absolute atomic E-state index is 13.2. The molecule has 1 heterocycles. The second kappa shape index (κ2) is 5.70. The lowest BCUT2D eigenvalue weighted by atomic mass is 9.92. The SMILES string of the molecule is CCC1(C(=O)N[C@@H](C)c2cccc(F)c2)CCCN1. The molecular weight excluding hydrogens is 243 g/mol. The van der Waals surface area contributed by atoms with Crippen LogP contribution < -0.4 is 10.6 Å². The van der Waals surface area contributed by atoms with Crippen LogP contribution in [0.4, 0.5) is 4.39 Å². The van der Waals surface area contributed by atoms with Gasteiger partial charge < -0.3 is 10.6 Å². The van der Waals surface area contributed by atoms with Crippen LogP contribution in [0.1, 0.15) is 44.7 Å². The van der Waals surface area contributed by atoms with Crippen LogP contribution in [0.25, 0.3) is 0 Å². The molecule has 2 atom stereocenters. The first kappa shape index (κ1) is 14.0. The predicted molar refractivity (Wildman–Crippen MR) is 73.2 cm³/mol. The molecule has 0 aromatic heterocycles. The summed E-state index contributed by atoms with van der Waals surface area (Å²) in [4.78, 5) is 12.4. The third kappa shape index (κ3) is 2.95. The summed E-state index contributed by atoms with van der Waals surface area (Å²) in [6, 6.07) is 6.18. The molecule has 0 spiro atoms. The van der Waals surface area contributed by atoms with Gasteiger partial charge in [0.15, 0.2) is 0 Å². The second-order valence-corrected chi connectivity index (χ2v) is 5.22. The molecule has 1 amide bonds. The monoisotopic (exact) mass is 264 g/mol. The van der Waals surface area contributed by atoms with Crippen LogP contribution in [0.2, 0.25) is 0 Å². The summed E-state index contributed by atoms with van der Waals surface area (Å²) in [5.74, 6) is -0.257. The quantitative estimate of drug-likeness (QED) is 0.877. The van der Waals surface area contributed by atoms with Crippen LogP contribution in [0.5, 0.6) is 0 Å². The van der Waals surface area contributed by atoms with Crippen molar-refractivity contribution in [3.05, 3.63) is 35.6 Å². The van der Waals surface area contributed by atoms with Crippen molar-refractivity contribution < 1.29 is 9.18 Å². The van der Waals surface area contributed by atoms with Gasteiger partial charge in [-0.05, 0) is 50.4 Å². The van der Waals surface area contributed by atoms with Crippen molar-refractivity contribution in [2.24, 2.45) is 0 Å². The summed E-state index contributed by atoms with van der Waals surface area (Å²) >= 11 is 0. The van der Waals surface area contributed by atoms with Gasteiger partial charge in [0, 0.05) is 0 Å². The maximum Gasteiger partial charge on any atom is 0.240 e. The first-order valence-corrected chi connectivity index (χ1v) is 6.89. The number of carbonyl (C=O) groups excluding carboxylic acids is 1. The van der Waals surface area contributed by atoms with Crippen molar-refractivity contribution >= 4 is 5.91 Å². The first-order chi connectivity index (χ1) is 9.07. The Morgan fingerprint density at radius 2 is 2.37 bits per heavy atom. The molecule has 4 heteroatoms. The Morgan fingerprint density at radius 1 is 1.58 bits per heavy atom. The van der Waals surface area contributed by atoms with Gasteiger partial charge in [0.2, 0.25) is 5.91 Å². The Kier molecular flexibility index (Phi) is 4.20. The third-order valence-corrected chi connectivity index (χ3v) is 3.98. The molecule has 0 radical (unpaired) electrons. The molecule has 3 nitrogen and oxygen atoms in total. The van der Waals surface area contributed by atoms with E-state index in [1.165, 1.54) is 12.1 Å². The van der Waals surface area contributed by atoms with E-state index in [-0.39, 0.29) is 17.8 Å². The molecule has 1 aliphatic heterocycles. The van der Waals surface area contributed by atoms with Gasteiger partial charge in [-0.1, -0.05) is 19.1 Å². The zero-order valence-corrected chi connectivity index (χ0v) is 11.5. The van der Waals surface area contributed by atoms with Crippen LogP contribution in [-0.2, 0) is 4.79 Å². The van der Waals surface area contributed by atoms with Crippen molar-refractivity contribution in [2.75, 3.05) is 6.54 Å². The Bertz CT molecular complexity index is 455. The average molecular weight is 264 g/mol. The van der Waals surface area contributed by atoms with Crippen LogP contribution in [0.3, 0.4) is 0 Å². The molecule has 1 saturated heterocycles. The first-order valence-electron chi connectivity index (χ1n) is 6.89. The fraction of sp³-hybridized carbons (Fsp3) is 0.533. The summed E-state index contributed by atoms with van der Waals surface area (Å²) in [5.41, 5.74) is 0.347. The van der Waals surface area contributed by atoms with E-state index >= 15 is 0 Å². The third-order valence-electron chi connectivity index (χ3n) is 3.98. The standard InChI is InChI=1S/C15H21FN2O/c1-3-15(8-5-9-17-15)14(19)18-11(2)12-6-4-7-13(16)10-12/h4,6-7,10-11,17H,3,5,8-9H2,1-2H3,(H,18,19)/t11-,15?/m0/s1.